The van der Waals surface area contributed by atoms with Crippen LogP contribution in [0, 0.1) is 0 Å². The van der Waals surface area contributed by atoms with Crippen LogP contribution in [0.5, 0.6) is 0 Å². The van der Waals surface area contributed by atoms with E-state index in [1.54, 1.807) is 30.3 Å². The molecule has 0 bridgehead atoms. The summed E-state index contributed by atoms with van der Waals surface area (Å²) in [5, 5.41) is 7.90. The minimum Gasteiger partial charge on any atom is -0.376 e. The molecule has 3 aromatic carbocycles. The van der Waals surface area contributed by atoms with Gasteiger partial charge in [-0.05, 0) is 60.4 Å². The van der Waals surface area contributed by atoms with Crippen molar-refractivity contribution in [2.45, 2.75) is 41.2 Å². The van der Waals surface area contributed by atoms with Crippen molar-refractivity contribution in [3.8, 4) is 0 Å². The van der Waals surface area contributed by atoms with Crippen molar-refractivity contribution in [3.05, 3.63) is 95.6 Å². The number of carbonyl (C=O) groups is 1. The second-order valence-electron chi connectivity index (χ2n) is 9.06. The maximum atomic E-state index is 13.6. The summed E-state index contributed by atoms with van der Waals surface area (Å²) in [7, 11) is -3.70. The van der Waals surface area contributed by atoms with Crippen LogP contribution in [0.15, 0.2) is 89.3 Å². The number of rotatable bonds is 4. The van der Waals surface area contributed by atoms with Crippen molar-refractivity contribution in [1.29, 1.82) is 0 Å². The number of alkyl halides is 3. The molecule has 192 valence electrons. The number of benzene rings is 3. The first kappa shape index (κ1) is 24.9. The average Bonchev–Trinajstić information content (AvgIpc) is 2.88. The zero-order chi connectivity index (χ0) is 26.2. The van der Waals surface area contributed by atoms with Crippen LogP contribution in [0.4, 0.5) is 29.3 Å². The molecule has 1 fully saturated rings. The highest BCUT2D eigenvalue weighted by atomic mass is 32.2. The summed E-state index contributed by atoms with van der Waals surface area (Å²) in [4.78, 5) is 13.0. The third kappa shape index (κ3) is 5.06. The number of sulfone groups is 1. The van der Waals surface area contributed by atoms with Crippen LogP contribution < -0.4 is 16.0 Å². The zero-order valence-electron chi connectivity index (χ0n) is 19.5. The molecule has 10 heteroatoms. The molecule has 1 saturated carbocycles. The number of nitrogens with one attached hydrogen (secondary N) is 3. The van der Waals surface area contributed by atoms with Crippen LogP contribution in [-0.2, 0) is 16.0 Å². The molecule has 37 heavy (non-hydrogen) atoms. The number of urea groups is 1. The Labute approximate surface area is 212 Å². The van der Waals surface area contributed by atoms with E-state index in [1.165, 1.54) is 12.1 Å². The first-order valence-electron chi connectivity index (χ1n) is 11.7. The van der Waals surface area contributed by atoms with Gasteiger partial charge in [-0.2, -0.15) is 13.2 Å². The Bertz CT molecular complexity index is 1460. The van der Waals surface area contributed by atoms with Crippen molar-refractivity contribution in [2.24, 2.45) is 0 Å². The van der Waals surface area contributed by atoms with E-state index >= 15 is 0 Å². The zero-order valence-corrected chi connectivity index (χ0v) is 20.3. The van der Waals surface area contributed by atoms with Crippen molar-refractivity contribution < 1.29 is 26.4 Å². The van der Waals surface area contributed by atoms with Crippen LogP contribution in [0.25, 0.3) is 6.08 Å². The largest absolute Gasteiger partial charge is 0.416 e. The summed E-state index contributed by atoms with van der Waals surface area (Å²) >= 11 is 0. The number of anilines is 2. The first-order valence-corrected chi connectivity index (χ1v) is 13.3. The maximum Gasteiger partial charge on any atom is 0.416 e. The predicted octanol–water partition coefficient (Wildman–Crippen LogP) is 5.71. The molecule has 0 saturated heterocycles. The van der Waals surface area contributed by atoms with Gasteiger partial charge in [0.2, 0.25) is 0 Å². The maximum absolute atomic E-state index is 13.6. The van der Waals surface area contributed by atoms with Gasteiger partial charge in [0.05, 0.1) is 27.8 Å². The van der Waals surface area contributed by atoms with E-state index in [1.807, 2.05) is 30.3 Å². The summed E-state index contributed by atoms with van der Waals surface area (Å²) < 4.78 is 66.3. The van der Waals surface area contributed by atoms with E-state index in [0.717, 1.165) is 23.4 Å². The van der Waals surface area contributed by atoms with E-state index < -0.39 is 44.9 Å². The lowest BCUT2D eigenvalue weighted by Crippen LogP contribution is -2.55. The van der Waals surface area contributed by atoms with Gasteiger partial charge in [0.1, 0.15) is 0 Å². The van der Waals surface area contributed by atoms with Gasteiger partial charge in [0.15, 0.2) is 9.84 Å². The Balaban J connectivity index is 1.41. The highest BCUT2D eigenvalue weighted by Gasteiger charge is 2.43. The molecule has 1 aliphatic heterocycles. The number of hydrogen-bond acceptors (Lipinski definition) is 4. The molecule has 5 rings (SSSR count). The molecule has 0 spiro atoms. The molecule has 6 nitrogen and oxygen atoms in total. The van der Waals surface area contributed by atoms with Crippen LogP contribution in [0.1, 0.15) is 24.0 Å². The topological polar surface area (TPSA) is 87.3 Å². The van der Waals surface area contributed by atoms with E-state index in [0.29, 0.717) is 12.0 Å². The van der Waals surface area contributed by atoms with E-state index in [-0.39, 0.29) is 17.0 Å². The molecule has 2 aliphatic rings. The van der Waals surface area contributed by atoms with Crippen molar-refractivity contribution in [1.82, 2.24) is 5.32 Å². The van der Waals surface area contributed by atoms with Crippen LogP contribution in [0.3, 0.4) is 0 Å². The second-order valence-corrected chi connectivity index (χ2v) is 11.2. The van der Waals surface area contributed by atoms with E-state index in [4.69, 9.17) is 0 Å². The van der Waals surface area contributed by atoms with Gasteiger partial charge in [-0.3, -0.25) is 0 Å². The smallest absolute Gasteiger partial charge is 0.376 e. The second kappa shape index (κ2) is 9.59. The number of carbonyl (C=O) groups excluding carboxylic acids is 1. The van der Waals surface area contributed by atoms with Gasteiger partial charge >= 0.3 is 12.2 Å². The van der Waals surface area contributed by atoms with E-state index in [2.05, 4.69) is 16.0 Å². The highest BCUT2D eigenvalue weighted by molar-refractivity contribution is 7.92. The van der Waals surface area contributed by atoms with Crippen molar-refractivity contribution >= 4 is 33.3 Å². The van der Waals surface area contributed by atoms with Gasteiger partial charge < -0.3 is 16.0 Å². The number of amides is 2. The minimum absolute atomic E-state index is 0.00498. The number of fused-ring (bicyclic) bond motifs is 2. The van der Waals surface area contributed by atoms with Gasteiger partial charge in [-0.25, -0.2) is 13.2 Å². The number of para-hydroxylation sites is 1. The minimum atomic E-state index is -4.53. The summed E-state index contributed by atoms with van der Waals surface area (Å²) in [6.45, 7) is 0. The monoisotopic (exact) mass is 527 g/mol. The van der Waals surface area contributed by atoms with Crippen molar-refractivity contribution in [3.63, 3.8) is 0 Å². The van der Waals surface area contributed by atoms with Gasteiger partial charge in [0, 0.05) is 11.4 Å². The molecule has 0 aromatic heterocycles. The Morgan fingerprint density at radius 1 is 0.919 bits per heavy atom. The molecular weight excluding hydrogens is 503 g/mol. The average molecular weight is 528 g/mol. The normalized spacial score (nSPS) is 21.1. The molecule has 3 atom stereocenters. The molecule has 2 amide bonds. The first-order chi connectivity index (χ1) is 17.6. The van der Waals surface area contributed by atoms with E-state index in [9.17, 15) is 26.4 Å². The molecule has 0 radical (unpaired) electrons. The Kier molecular flexibility index (Phi) is 6.45. The summed E-state index contributed by atoms with van der Waals surface area (Å²) in [6.07, 6.45) is -2.04. The van der Waals surface area contributed by atoms with Gasteiger partial charge in [-0.15, -0.1) is 0 Å². The molecule has 1 heterocycles. The Morgan fingerprint density at radius 2 is 1.65 bits per heavy atom. The SMILES string of the molecule is O=C(Nc1cccc(C(F)(F)F)c1)NC1CCC(S(=O)(=O)c2ccccc2)C2=Cc3ccccc3NC21. The third-order valence-electron chi connectivity index (χ3n) is 6.68. The van der Waals surface area contributed by atoms with Crippen LogP contribution >= 0.6 is 0 Å². The summed E-state index contributed by atoms with van der Waals surface area (Å²) in [5.74, 6) is 0. The molecule has 3 aromatic rings. The van der Waals surface area contributed by atoms with Gasteiger partial charge in [0.25, 0.3) is 0 Å². The van der Waals surface area contributed by atoms with Crippen LogP contribution in [0.2, 0.25) is 0 Å². The Hall–Kier alpha value is -3.79. The lowest BCUT2D eigenvalue weighted by atomic mass is 9.82. The van der Waals surface area contributed by atoms with Crippen LogP contribution in [-0.4, -0.2) is 31.8 Å². The lowest BCUT2D eigenvalue weighted by molar-refractivity contribution is -0.137. The fraction of sp³-hybridized carbons (Fsp3) is 0.222. The third-order valence-corrected chi connectivity index (χ3v) is 8.86. The summed E-state index contributed by atoms with van der Waals surface area (Å²) in [6, 6.07) is 18.4. The van der Waals surface area contributed by atoms with Crippen molar-refractivity contribution in [2.75, 3.05) is 10.6 Å². The summed E-state index contributed by atoms with van der Waals surface area (Å²) in [5.41, 5.74) is 1.42. The fourth-order valence-electron chi connectivity index (χ4n) is 4.94. The standard InChI is InChI=1S/C27H24F3N3O3S/c28-27(29,30)18-8-6-9-19(16-18)31-26(34)33-23-13-14-24(37(35,36)20-10-2-1-3-11-20)21-15-17-7-4-5-12-22(17)32-25(21)23/h1-12,15-16,23-25,32H,13-14H2,(H2,31,33,34). The quantitative estimate of drug-likeness (QED) is 0.406. The molecule has 3 N–H and O–H groups in total. The molecule has 3 unspecified atom stereocenters. The number of hydrogen-bond donors (Lipinski definition) is 3. The highest BCUT2D eigenvalue weighted by Crippen LogP contribution is 2.40. The lowest BCUT2D eigenvalue weighted by Gasteiger charge is -2.42. The molecule has 1 aliphatic carbocycles. The Morgan fingerprint density at radius 3 is 2.41 bits per heavy atom. The fourth-order valence-corrected chi connectivity index (χ4v) is 6.82. The predicted molar refractivity (Wildman–Crippen MR) is 136 cm³/mol. The van der Waals surface area contributed by atoms with Gasteiger partial charge in [-0.1, -0.05) is 48.5 Å². The number of halogens is 3. The molecular formula is C27H24F3N3O3S.